The van der Waals surface area contributed by atoms with E-state index in [2.05, 4.69) is 25.1 Å². The number of hydrogen-bond donors (Lipinski definition) is 0. The molecular weight excluding hydrogens is 314 g/mol. The van der Waals surface area contributed by atoms with Crippen molar-refractivity contribution in [2.24, 2.45) is 4.99 Å². The van der Waals surface area contributed by atoms with Crippen LogP contribution in [0.5, 0.6) is 0 Å². The van der Waals surface area contributed by atoms with E-state index >= 15 is 0 Å². The zero-order valence-corrected chi connectivity index (χ0v) is 16.2. The second-order valence-electron chi connectivity index (χ2n) is 5.77. The number of hydrogen-bond acceptors (Lipinski definition) is 4. The van der Waals surface area contributed by atoms with Gasteiger partial charge in [-0.2, -0.15) is 0 Å². The molecule has 136 valence electrons. The molecule has 25 heavy (non-hydrogen) atoms. The van der Waals surface area contributed by atoms with Gasteiger partial charge in [0.05, 0.1) is 24.9 Å². The van der Waals surface area contributed by atoms with Crippen LogP contribution in [-0.2, 0) is 11.4 Å². The van der Waals surface area contributed by atoms with E-state index < -0.39 is 0 Å². The molecule has 1 heterocycles. The summed E-state index contributed by atoms with van der Waals surface area (Å²) in [6.07, 6.45) is 6.41. The highest BCUT2D eigenvalue weighted by Crippen LogP contribution is 2.10. The van der Waals surface area contributed by atoms with Crippen LogP contribution in [0.1, 0.15) is 39.7 Å². The Morgan fingerprint density at radius 3 is 2.44 bits per heavy atom. The standard InChI is InChI=1S/C20H29N3O2/c1-9-16(21-14(4)5)12-23-13-18(15(6)22(7)25-8)20(24)17(10-2)19(23)11-3/h10-11,13H,4,6,9,12H2,1-3,5,7-8H3/b17-10+,19-11+,21-16?. The molecular formula is C20H29N3O2. The summed E-state index contributed by atoms with van der Waals surface area (Å²) in [7, 11) is 3.26. The second kappa shape index (κ2) is 9.18. The van der Waals surface area contributed by atoms with Gasteiger partial charge in [-0.05, 0) is 27.2 Å². The second-order valence-corrected chi connectivity index (χ2v) is 5.77. The Labute approximate surface area is 149 Å². The monoisotopic (exact) mass is 343 g/mol. The number of hydroxylamine groups is 2. The predicted octanol–water partition coefficient (Wildman–Crippen LogP) is 2.30. The van der Waals surface area contributed by atoms with Crippen LogP contribution in [0.3, 0.4) is 0 Å². The summed E-state index contributed by atoms with van der Waals surface area (Å²) in [5.41, 5.74) is 2.73. The first-order valence-electron chi connectivity index (χ1n) is 8.35. The molecule has 0 amide bonds. The van der Waals surface area contributed by atoms with Crippen LogP contribution < -0.4 is 16.0 Å². The van der Waals surface area contributed by atoms with Crippen LogP contribution in [-0.4, -0.2) is 29.5 Å². The first-order valence-corrected chi connectivity index (χ1v) is 8.35. The third-order valence-electron chi connectivity index (χ3n) is 4.00. The molecule has 1 aromatic heterocycles. The summed E-state index contributed by atoms with van der Waals surface area (Å²) in [5.74, 6) is 0. The van der Waals surface area contributed by atoms with E-state index in [-0.39, 0.29) is 5.43 Å². The molecule has 0 atom stereocenters. The van der Waals surface area contributed by atoms with Gasteiger partial charge in [0, 0.05) is 35.2 Å². The Bertz CT molecular complexity index is 860. The van der Waals surface area contributed by atoms with Gasteiger partial charge < -0.3 is 4.57 Å². The predicted molar refractivity (Wildman–Crippen MR) is 107 cm³/mol. The van der Waals surface area contributed by atoms with Gasteiger partial charge in [-0.1, -0.05) is 32.2 Å². The van der Waals surface area contributed by atoms with Crippen molar-refractivity contribution >= 4 is 23.6 Å². The number of nitrogens with zero attached hydrogens (tertiary/aromatic N) is 3. The van der Waals surface area contributed by atoms with E-state index in [9.17, 15) is 4.79 Å². The average molecular weight is 343 g/mol. The smallest absolute Gasteiger partial charge is 0.198 e. The first kappa shape index (κ1) is 20.6. The molecule has 0 aliphatic rings. The van der Waals surface area contributed by atoms with Crippen LogP contribution in [0, 0.1) is 0 Å². The van der Waals surface area contributed by atoms with Crippen LogP contribution in [0.15, 0.2) is 34.8 Å². The molecule has 0 radical (unpaired) electrons. The summed E-state index contributed by atoms with van der Waals surface area (Å²) < 4.78 is 2.03. The van der Waals surface area contributed by atoms with E-state index in [1.165, 1.54) is 5.06 Å². The van der Waals surface area contributed by atoms with Crippen molar-refractivity contribution in [3.63, 3.8) is 0 Å². The summed E-state index contributed by atoms with van der Waals surface area (Å²) >= 11 is 0. The SMILES string of the molecule is C=C(C)N=C(CC)Cn1cc(C(=C)N(C)OC)c(=O)c(=C/C)/c1=C\C. The van der Waals surface area contributed by atoms with Crippen molar-refractivity contribution < 1.29 is 4.84 Å². The summed E-state index contributed by atoms with van der Waals surface area (Å²) in [6.45, 7) is 16.2. The van der Waals surface area contributed by atoms with Gasteiger partial charge >= 0.3 is 0 Å². The number of rotatable bonds is 7. The van der Waals surface area contributed by atoms with Crippen molar-refractivity contribution in [1.82, 2.24) is 9.63 Å². The minimum atomic E-state index is -0.0596. The van der Waals surface area contributed by atoms with Crippen LogP contribution in [0.4, 0.5) is 0 Å². The maximum absolute atomic E-state index is 12.9. The molecule has 0 aromatic carbocycles. The van der Waals surface area contributed by atoms with Crippen molar-refractivity contribution in [3.05, 3.63) is 51.4 Å². The maximum Gasteiger partial charge on any atom is 0.198 e. The van der Waals surface area contributed by atoms with Crippen molar-refractivity contribution in [3.8, 4) is 0 Å². The van der Waals surface area contributed by atoms with E-state index in [0.29, 0.717) is 23.0 Å². The Morgan fingerprint density at radius 1 is 1.36 bits per heavy atom. The van der Waals surface area contributed by atoms with E-state index in [1.54, 1.807) is 14.2 Å². The summed E-state index contributed by atoms with van der Waals surface area (Å²) in [6, 6.07) is 0. The largest absolute Gasteiger partial charge is 0.341 e. The van der Waals surface area contributed by atoms with Crippen molar-refractivity contribution in [1.29, 1.82) is 0 Å². The highest BCUT2D eigenvalue weighted by molar-refractivity contribution is 5.85. The third kappa shape index (κ3) is 4.79. The van der Waals surface area contributed by atoms with Gasteiger partial charge in [0.2, 0.25) is 0 Å². The lowest BCUT2D eigenvalue weighted by molar-refractivity contribution is -0.0525. The Kier molecular flexibility index (Phi) is 7.58. The molecule has 1 aromatic rings. The highest BCUT2D eigenvalue weighted by atomic mass is 16.7. The Balaban J connectivity index is 3.71. The van der Waals surface area contributed by atoms with Crippen LogP contribution >= 0.6 is 0 Å². The van der Waals surface area contributed by atoms with Crippen molar-refractivity contribution in [2.45, 2.75) is 40.7 Å². The summed E-state index contributed by atoms with van der Waals surface area (Å²) in [4.78, 5) is 22.6. The molecule has 0 aliphatic carbocycles. The maximum atomic E-state index is 12.9. The van der Waals surface area contributed by atoms with Gasteiger partial charge in [0.15, 0.2) is 5.43 Å². The quantitative estimate of drug-likeness (QED) is 0.564. The topological polar surface area (TPSA) is 46.8 Å². The number of aromatic nitrogens is 1. The number of aliphatic imine (C=N–C) groups is 1. The Hall–Kier alpha value is -2.40. The normalized spacial score (nSPS) is 13.3. The lowest BCUT2D eigenvalue weighted by atomic mass is 10.1. The molecule has 0 N–H and O–H groups in total. The molecule has 5 nitrogen and oxygen atoms in total. The molecule has 0 fully saturated rings. The first-order chi connectivity index (χ1) is 11.8. The van der Waals surface area contributed by atoms with Crippen molar-refractivity contribution in [2.75, 3.05) is 14.2 Å². The van der Waals surface area contributed by atoms with Crippen LogP contribution in [0.25, 0.3) is 17.8 Å². The lowest BCUT2D eigenvalue weighted by Crippen LogP contribution is -2.47. The number of pyridine rings is 1. The zero-order chi connectivity index (χ0) is 19.1. The minimum absolute atomic E-state index is 0.0596. The van der Waals surface area contributed by atoms with E-state index in [0.717, 1.165) is 23.2 Å². The highest BCUT2D eigenvalue weighted by Gasteiger charge is 2.13. The number of allylic oxidation sites excluding steroid dienone is 1. The molecule has 0 saturated heterocycles. The fourth-order valence-corrected chi connectivity index (χ4v) is 2.61. The van der Waals surface area contributed by atoms with Gasteiger partial charge in [-0.3, -0.25) is 19.7 Å². The van der Waals surface area contributed by atoms with E-state index in [1.807, 2.05) is 43.7 Å². The van der Waals surface area contributed by atoms with Gasteiger partial charge in [-0.15, -0.1) is 0 Å². The van der Waals surface area contributed by atoms with E-state index in [4.69, 9.17) is 4.84 Å². The molecule has 0 unspecified atom stereocenters. The fourth-order valence-electron chi connectivity index (χ4n) is 2.61. The lowest BCUT2D eigenvalue weighted by Gasteiger charge is -2.20. The van der Waals surface area contributed by atoms with Gasteiger partial charge in [-0.25, -0.2) is 0 Å². The van der Waals surface area contributed by atoms with Gasteiger partial charge in [0.1, 0.15) is 0 Å². The molecule has 0 saturated carbocycles. The van der Waals surface area contributed by atoms with Crippen LogP contribution in [0.2, 0.25) is 0 Å². The Morgan fingerprint density at radius 2 is 2.00 bits per heavy atom. The molecule has 5 heteroatoms. The minimum Gasteiger partial charge on any atom is -0.341 e. The third-order valence-corrected chi connectivity index (χ3v) is 4.00. The summed E-state index contributed by atoms with van der Waals surface area (Å²) in [5, 5.41) is 3.00. The molecule has 0 aliphatic heterocycles. The zero-order valence-electron chi connectivity index (χ0n) is 16.2. The fraction of sp³-hybridized carbons (Fsp3) is 0.400. The average Bonchev–Trinajstić information content (AvgIpc) is 2.59. The molecule has 1 rings (SSSR count). The molecule has 0 bridgehead atoms. The van der Waals surface area contributed by atoms with Gasteiger partial charge in [0.25, 0.3) is 0 Å². The molecule has 0 spiro atoms.